The maximum absolute atomic E-state index is 12.9. The third kappa shape index (κ3) is 1.99. The molecule has 142 valence electrons. The standard InChI is InChI=1S/C21H28O5/c1-19-7-5-16-14(15(19)6-8-21(19,26)18(25)11-22)4-3-12-9-13(23)10-17(24)20(12,16)2/h9-10,14-16,22-23,26H,3-8,11H2,1-2H3/t14-,15-,16-,19-,20-,21-/m0/s1. The highest BCUT2D eigenvalue weighted by Crippen LogP contribution is 2.67. The van der Waals surface area contributed by atoms with Gasteiger partial charge in [-0.1, -0.05) is 12.5 Å². The van der Waals surface area contributed by atoms with Gasteiger partial charge in [0.25, 0.3) is 0 Å². The van der Waals surface area contributed by atoms with Crippen LogP contribution in [0, 0.1) is 28.6 Å². The molecule has 26 heavy (non-hydrogen) atoms. The number of hydrogen-bond donors (Lipinski definition) is 3. The molecule has 0 amide bonds. The number of aliphatic hydroxyl groups excluding tert-OH is 2. The van der Waals surface area contributed by atoms with E-state index in [1.165, 1.54) is 6.08 Å². The van der Waals surface area contributed by atoms with E-state index >= 15 is 0 Å². The quantitative estimate of drug-likeness (QED) is 0.703. The molecule has 6 atom stereocenters. The molecule has 0 heterocycles. The average Bonchev–Trinajstić information content (AvgIpc) is 2.88. The largest absolute Gasteiger partial charge is 0.508 e. The highest BCUT2D eigenvalue weighted by atomic mass is 16.3. The SMILES string of the molecule is C[C@]12C(=O)C=C(O)C=C1CC[C@@H]1[C@@H]2CC[C@@]2(C)[C@H]1CC[C@]2(O)C(=O)CO. The number of hydrogen-bond acceptors (Lipinski definition) is 5. The third-order valence-electron chi connectivity index (χ3n) is 8.46. The number of rotatable bonds is 2. The lowest BCUT2D eigenvalue weighted by molar-refractivity contribution is -0.165. The molecule has 0 bridgehead atoms. The van der Waals surface area contributed by atoms with E-state index in [9.17, 15) is 24.9 Å². The molecule has 3 fully saturated rings. The zero-order valence-corrected chi connectivity index (χ0v) is 15.5. The molecule has 0 aromatic carbocycles. The number of carbonyl (C=O) groups excluding carboxylic acids is 2. The van der Waals surface area contributed by atoms with Gasteiger partial charge in [0.15, 0.2) is 11.6 Å². The highest BCUT2D eigenvalue weighted by Gasteiger charge is 2.66. The van der Waals surface area contributed by atoms with E-state index in [1.54, 1.807) is 6.08 Å². The first-order valence-corrected chi connectivity index (χ1v) is 9.71. The van der Waals surface area contributed by atoms with Crippen molar-refractivity contribution in [3.8, 4) is 0 Å². The van der Waals surface area contributed by atoms with E-state index in [0.29, 0.717) is 12.8 Å². The summed E-state index contributed by atoms with van der Waals surface area (Å²) in [5.74, 6) is 0.173. The van der Waals surface area contributed by atoms with E-state index in [0.717, 1.165) is 31.3 Å². The lowest BCUT2D eigenvalue weighted by Crippen LogP contribution is -2.58. The molecule has 4 aliphatic rings. The van der Waals surface area contributed by atoms with E-state index < -0.39 is 28.8 Å². The Morgan fingerprint density at radius 1 is 1.15 bits per heavy atom. The van der Waals surface area contributed by atoms with E-state index in [2.05, 4.69) is 0 Å². The van der Waals surface area contributed by atoms with Crippen molar-refractivity contribution in [3.63, 3.8) is 0 Å². The predicted molar refractivity (Wildman–Crippen MR) is 95.2 cm³/mol. The predicted octanol–water partition coefficient (Wildman–Crippen LogP) is 2.47. The summed E-state index contributed by atoms with van der Waals surface area (Å²) in [7, 11) is 0. The van der Waals surface area contributed by atoms with Crippen molar-refractivity contribution < 1.29 is 24.9 Å². The number of allylic oxidation sites excluding steroid dienone is 3. The van der Waals surface area contributed by atoms with Gasteiger partial charge in [0.1, 0.15) is 18.0 Å². The monoisotopic (exact) mass is 360 g/mol. The summed E-state index contributed by atoms with van der Waals surface area (Å²) >= 11 is 0. The Kier molecular flexibility index (Phi) is 3.81. The Labute approximate surface area is 153 Å². The molecule has 5 heteroatoms. The number of fused-ring (bicyclic) bond motifs is 5. The topological polar surface area (TPSA) is 94.8 Å². The first-order valence-electron chi connectivity index (χ1n) is 9.71. The second-order valence-corrected chi connectivity index (χ2v) is 9.16. The molecule has 3 saturated carbocycles. The lowest BCUT2D eigenvalue weighted by atomic mass is 9.46. The summed E-state index contributed by atoms with van der Waals surface area (Å²) in [5.41, 5.74) is -1.56. The van der Waals surface area contributed by atoms with Crippen molar-refractivity contribution in [2.75, 3.05) is 6.61 Å². The molecule has 0 saturated heterocycles. The van der Waals surface area contributed by atoms with Crippen LogP contribution in [0.4, 0.5) is 0 Å². The van der Waals surface area contributed by atoms with Gasteiger partial charge in [0.2, 0.25) is 0 Å². The van der Waals surface area contributed by atoms with Gasteiger partial charge >= 0.3 is 0 Å². The summed E-state index contributed by atoms with van der Waals surface area (Å²) in [6, 6.07) is 0. The van der Waals surface area contributed by atoms with Crippen molar-refractivity contribution in [1.29, 1.82) is 0 Å². The normalized spacial score (nSPS) is 47.4. The minimum absolute atomic E-state index is 0.0227. The first kappa shape index (κ1) is 17.9. The van der Waals surface area contributed by atoms with Crippen LogP contribution in [0.5, 0.6) is 0 Å². The van der Waals surface area contributed by atoms with Crippen LogP contribution in [0.2, 0.25) is 0 Å². The second-order valence-electron chi connectivity index (χ2n) is 9.16. The molecule has 0 aliphatic heterocycles. The zero-order valence-electron chi connectivity index (χ0n) is 15.5. The Morgan fingerprint density at radius 2 is 1.85 bits per heavy atom. The van der Waals surface area contributed by atoms with Crippen molar-refractivity contribution >= 4 is 11.6 Å². The number of aliphatic hydroxyl groups is 3. The summed E-state index contributed by atoms with van der Waals surface area (Å²) in [5, 5.41) is 30.4. The van der Waals surface area contributed by atoms with Crippen LogP contribution in [-0.2, 0) is 9.59 Å². The van der Waals surface area contributed by atoms with Gasteiger partial charge < -0.3 is 15.3 Å². The minimum Gasteiger partial charge on any atom is -0.508 e. The molecule has 4 aliphatic carbocycles. The fraction of sp³-hybridized carbons (Fsp3) is 0.714. The highest BCUT2D eigenvalue weighted by molar-refractivity contribution is 5.99. The van der Waals surface area contributed by atoms with E-state index in [1.807, 2.05) is 13.8 Å². The maximum Gasteiger partial charge on any atom is 0.190 e. The Balaban J connectivity index is 1.71. The molecule has 0 aromatic rings. The molecule has 0 radical (unpaired) electrons. The molecule has 3 N–H and O–H groups in total. The van der Waals surface area contributed by atoms with E-state index in [-0.39, 0.29) is 29.3 Å². The lowest BCUT2D eigenvalue weighted by Gasteiger charge is -2.57. The van der Waals surface area contributed by atoms with Crippen LogP contribution >= 0.6 is 0 Å². The number of carbonyl (C=O) groups is 2. The molecule has 0 aromatic heterocycles. The van der Waals surface area contributed by atoms with Crippen molar-refractivity contribution in [2.45, 2.75) is 58.0 Å². The Morgan fingerprint density at radius 3 is 2.54 bits per heavy atom. The first-order chi connectivity index (χ1) is 12.2. The maximum atomic E-state index is 12.9. The summed E-state index contributed by atoms with van der Waals surface area (Å²) in [6.07, 6.45) is 7.37. The van der Waals surface area contributed by atoms with E-state index in [4.69, 9.17) is 0 Å². The number of ketones is 2. The smallest absolute Gasteiger partial charge is 0.190 e. The van der Waals surface area contributed by atoms with Gasteiger partial charge in [-0.25, -0.2) is 0 Å². The van der Waals surface area contributed by atoms with Gasteiger partial charge in [-0.05, 0) is 69.3 Å². The van der Waals surface area contributed by atoms with Crippen LogP contribution in [0.3, 0.4) is 0 Å². The van der Waals surface area contributed by atoms with Gasteiger partial charge in [-0.3, -0.25) is 9.59 Å². The fourth-order valence-corrected chi connectivity index (χ4v) is 6.90. The van der Waals surface area contributed by atoms with Gasteiger partial charge in [-0.15, -0.1) is 0 Å². The van der Waals surface area contributed by atoms with Gasteiger partial charge in [-0.2, -0.15) is 0 Å². The molecular formula is C21H28O5. The van der Waals surface area contributed by atoms with Crippen LogP contribution < -0.4 is 0 Å². The summed E-state index contributed by atoms with van der Waals surface area (Å²) in [6.45, 7) is 3.38. The van der Waals surface area contributed by atoms with Gasteiger partial charge in [0, 0.05) is 11.5 Å². The van der Waals surface area contributed by atoms with Crippen LogP contribution in [-0.4, -0.2) is 39.1 Å². The van der Waals surface area contributed by atoms with Crippen LogP contribution in [0.15, 0.2) is 23.5 Å². The molecule has 0 spiro atoms. The summed E-state index contributed by atoms with van der Waals surface area (Å²) < 4.78 is 0. The minimum atomic E-state index is -1.46. The van der Waals surface area contributed by atoms with Gasteiger partial charge in [0.05, 0.1) is 5.41 Å². The van der Waals surface area contributed by atoms with Crippen molar-refractivity contribution in [2.24, 2.45) is 28.6 Å². The Hall–Kier alpha value is -1.46. The van der Waals surface area contributed by atoms with Crippen molar-refractivity contribution in [1.82, 2.24) is 0 Å². The fourth-order valence-electron chi connectivity index (χ4n) is 6.90. The van der Waals surface area contributed by atoms with Crippen LogP contribution in [0.1, 0.15) is 52.4 Å². The number of Topliss-reactive ketones (excluding diaryl/α,β-unsaturated/α-hetero) is 1. The Bertz CT molecular complexity index is 737. The molecule has 5 nitrogen and oxygen atoms in total. The summed E-state index contributed by atoms with van der Waals surface area (Å²) in [4.78, 5) is 25.2. The second kappa shape index (κ2) is 5.52. The van der Waals surface area contributed by atoms with Crippen LogP contribution in [0.25, 0.3) is 0 Å². The molecular weight excluding hydrogens is 332 g/mol. The third-order valence-corrected chi connectivity index (χ3v) is 8.46. The molecule has 0 unspecified atom stereocenters. The molecule has 4 rings (SSSR count). The van der Waals surface area contributed by atoms with Crippen molar-refractivity contribution in [3.05, 3.63) is 23.5 Å². The zero-order chi connectivity index (χ0) is 18.9. The average molecular weight is 360 g/mol.